The van der Waals surface area contributed by atoms with E-state index in [9.17, 15) is 5.11 Å². The molecule has 112 valence electrons. The van der Waals surface area contributed by atoms with Crippen LogP contribution >= 0.6 is 11.8 Å². The average Bonchev–Trinajstić information content (AvgIpc) is 2.40. The molecule has 1 aromatic rings. The lowest BCUT2D eigenvalue weighted by Crippen LogP contribution is -2.50. The van der Waals surface area contributed by atoms with E-state index in [4.69, 9.17) is 0 Å². The topological polar surface area (TPSA) is 26.7 Å². The Morgan fingerprint density at radius 2 is 1.65 bits per heavy atom. The minimum atomic E-state index is -0.578. The van der Waals surface area contributed by atoms with Gasteiger partial charge in [0.2, 0.25) is 0 Å². The molecule has 1 aliphatic heterocycles. The van der Waals surface area contributed by atoms with Gasteiger partial charge in [-0.05, 0) is 26.0 Å². The van der Waals surface area contributed by atoms with Crippen LogP contribution in [0.1, 0.15) is 13.8 Å². The van der Waals surface area contributed by atoms with Crippen LogP contribution in [0.5, 0.6) is 0 Å². The van der Waals surface area contributed by atoms with E-state index in [1.165, 1.54) is 4.90 Å². The van der Waals surface area contributed by atoms with Crippen LogP contribution in [0.2, 0.25) is 0 Å². The summed E-state index contributed by atoms with van der Waals surface area (Å²) in [4.78, 5) is 6.24. The summed E-state index contributed by atoms with van der Waals surface area (Å²) < 4.78 is 0. The molecule has 0 amide bonds. The molecule has 1 N–H and O–H groups in total. The van der Waals surface area contributed by atoms with E-state index in [0.29, 0.717) is 0 Å². The number of benzene rings is 1. The number of nitrogens with zero attached hydrogens (tertiary/aromatic N) is 2. The van der Waals surface area contributed by atoms with E-state index in [2.05, 4.69) is 40.1 Å². The van der Waals surface area contributed by atoms with Gasteiger partial charge in [0.1, 0.15) is 0 Å². The number of hydrogen-bond donors (Lipinski definition) is 1. The SMILES string of the molecule is CC(C)(O)CN1CCN(CCSc2ccccc2)CC1. The summed E-state index contributed by atoms with van der Waals surface area (Å²) in [5.74, 6) is 1.15. The van der Waals surface area contributed by atoms with Gasteiger partial charge < -0.3 is 5.11 Å². The number of rotatable bonds is 6. The summed E-state index contributed by atoms with van der Waals surface area (Å²) >= 11 is 1.93. The summed E-state index contributed by atoms with van der Waals surface area (Å²) in [6.45, 7) is 10.1. The molecule has 1 heterocycles. The van der Waals surface area contributed by atoms with Gasteiger partial charge in [-0.15, -0.1) is 11.8 Å². The number of thioether (sulfide) groups is 1. The standard InChI is InChI=1S/C16H26N2OS/c1-16(2,19)14-18-10-8-17(9-11-18)12-13-20-15-6-4-3-5-7-15/h3-7,19H,8-14H2,1-2H3. The smallest absolute Gasteiger partial charge is 0.0718 e. The van der Waals surface area contributed by atoms with Crippen LogP contribution in [0.15, 0.2) is 35.2 Å². The highest BCUT2D eigenvalue weighted by Gasteiger charge is 2.22. The molecular formula is C16H26N2OS. The first-order valence-corrected chi connectivity index (χ1v) is 8.36. The van der Waals surface area contributed by atoms with E-state index < -0.39 is 5.60 Å². The number of piperazine rings is 1. The quantitative estimate of drug-likeness (QED) is 0.814. The van der Waals surface area contributed by atoms with Crippen LogP contribution in [0.3, 0.4) is 0 Å². The molecule has 3 nitrogen and oxygen atoms in total. The van der Waals surface area contributed by atoms with Crippen molar-refractivity contribution in [3.05, 3.63) is 30.3 Å². The Morgan fingerprint density at radius 3 is 2.25 bits per heavy atom. The molecular weight excluding hydrogens is 268 g/mol. The number of β-amino-alcohol motifs (C(OH)–C–C–N with tert-alkyl or cyclic N) is 1. The van der Waals surface area contributed by atoms with Gasteiger partial charge in [0, 0.05) is 49.9 Å². The second kappa shape index (κ2) is 7.46. The highest BCUT2D eigenvalue weighted by molar-refractivity contribution is 7.99. The van der Waals surface area contributed by atoms with Crippen molar-refractivity contribution in [2.75, 3.05) is 45.0 Å². The number of aliphatic hydroxyl groups is 1. The fourth-order valence-corrected chi connectivity index (χ4v) is 3.46. The third-order valence-corrected chi connectivity index (χ3v) is 4.49. The second-order valence-electron chi connectivity index (χ2n) is 6.09. The van der Waals surface area contributed by atoms with Crippen molar-refractivity contribution in [1.82, 2.24) is 9.80 Å². The lowest BCUT2D eigenvalue weighted by molar-refractivity contribution is 0.0186. The third kappa shape index (κ3) is 5.83. The van der Waals surface area contributed by atoms with Gasteiger partial charge in [-0.25, -0.2) is 0 Å². The maximum Gasteiger partial charge on any atom is 0.0718 e. The van der Waals surface area contributed by atoms with Gasteiger partial charge in [0.15, 0.2) is 0 Å². The largest absolute Gasteiger partial charge is 0.389 e. The molecule has 0 unspecified atom stereocenters. The van der Waals surface area contributed by atoms with Gasteiger partial charge in [-0.3, -0.25) is 9.80 Å². The first-order valence-electron chi connectivity index (χ1n) is 7.38. The summed E-state index contributed by atoms with van der Waals surface area (Å²) in [6, 6.07) is 10.6. The Hall–Kier alpha value is -0.550. The van der Waals surface area contributed by atoms with Crippen LogP contribution in [0.25, 0.3) is 0 Å². The predicted octanol–water partition coefficient (Wildman–Crippen LogP) is 2.17. The van der Waals surface area contributed by atoms with Crippen molar-refractivity contribution in [2.24, 2.45) is 0 Å². The fourth-order valence-electron chi connectivity index (χ4n) is 2.53. The summed E-state index contributed by atoms with van der Waals surface area (Å²) in [7, 11) is 0. The highest BCUT2D eigenvalue weighted by atomic mass is 32.2. The zero-order valence-electron chi connectivity index (χ0n) is 12.6. The van der Waals surface area contributed by atoms with Crippen molar-refractivity contribution in [3.8, 4) is 0 Å². The second-order valence-corrected chi connectivity index (χ2v) is 7.26. The summed E-state index contributed by atoms with van der Waals surface area (Å²) in [5, 5.41) is 9.84. The van der Waals surface area contributed by atoms with Crippen LogP contribution in [-0.4, -0.2) is 65.5 Å². The van der Waals surface area contributed by atoms with Crippen molar-refractivity contribution in [3.63, 3.8) is 0 Å². The molecule has 1 saturated heterocycles. The molecule has 0 radical (unpaired) electrons. The van der Waals surface area contributed by atoms with E-state index in [1.54, 1.807) is 0 Å². The summed E-state index contributed by atoms with van der Waals surface area (Å²) in [6.07, 6.45) is 0. The predicted molar refractivity (Wildman–Crippen MR) is 86.3 cm³/mol. The van der Waals surface area contributed by atoms with Gasteiger partial charge in [0.05, 0.1) is 5.60 Å². The molecule has 0 spiro atoms. The monoisotopic (exact) mass is 294 g/mol. The molecule has 0 aliphatic carbocycles. The van der Waals surface area contributed by atoms with Crippen LogP contribution < -0.4 is 0 Å². The Kier molecular flexibility index (Phi) is 5.90. The van der Waals surface area contributed by atoms with Gasteiger partial charge in [-0.1, -0.05) is 18.2 Å². The van der Waals surface area contributed by atoms with E-state index in [1.807, 2.05) is 25.6 Å². The fraction of sp³-hybridized carbons (Fsp3) is 0.625. The number of hydrogen-bond acceptors (Lipinski definition) is 4. The van der Waals surface area contributed by atoms with Crippen LogP contribution in [-0.2, 0) is 0 Å². The Bertz CT molecular complexity index is 383. The average molecular weight is 294 g/mol. The Labute approximate surface area is 127 Å². The molecule has 20 heavy (non-hydrogen) atoms. The molecule has 1 aromatic carbocycles. The normalized spacial score (nSPS) is 18.4. The Balaban J connectivity index is 1.62. The van der Waals surface area contributed by atoms with Crippen molar-refractivity contribution in [2.45, 2.75) is 24.3 Å². The first-order chi connectivity index (χ1) is 9.53. The van der Waals surface area contributed by atoms with Crippen LogP contribution in [0, 0.1) is 0 Å². The zero-order chi connectivity index (χ0) is 14.4. The molecule has 2 rings (SSSR count). The molecule has 0 bridgehead atoms. The molecule has 1 aliphatic rings. The molecule has 1 fully saturated rings. The zero-order valence-corrected chi connectivity index (χ0v) is 13.4. The first kappa shape index (κ1) is 15.8. The van der Waals surface area contributed by atoms with Crippen LogP contribution in [0.4, 0.5) is 0 Å². The molecule has 0 aromatic heterocycles. The van der Waals surface area contributed by atoms with Crippen molar-refractivity contribution >= 4 is 11.8 Å². The van der Waals surface area contributed by atoms with Crippen molar-refractivity contribution in [1.29, 1.82) is 0 Å². The molecule has 0 atom stereocenters. The van der Waals surface area contributed by atoms with E-state index in [0.717, 1.165) is 45.0 Å². The molecule has 4 heteroatoms. The minimum absolute atomic E-state index is 0.578. The maximum absolute atomic E-state index is 9.84. The van der Waals surface area contributed by atoms with Gasteiger partial charge in [0.25, 0.3) is 0 Å². The highest BCUT2D eigenvalue weighted by Crippen LogP contribution is 2.17. The van der Waals surface area contributed by atoms with E-state index >= 15 is 0 Å². The Morgan fingerprint density at radius 1 is 1.05 bits per heavy atom. The van der Waals surface area contributed by atoms with Gasteiger partial charge in [-0.2, -0.15) is 0 Å². The van der Waals surface area contributed by atoms with E-state index in [-0.39, 0.29) is 0 Å². The van der Waals surface area contributed by atoms with Crippen molar-refractivity contribution < 1.29 is 5.11 Å². The lowest BCUT2D eigenvalue weighted by Gasteiger charge is -2.37. The lowest BCUT2D eigenvalue weighted by atomic mass is 10.1. The van der Waals surface area contributed by atoms with Gasteiger partial charge >= 0.3 is 0 Å². The third-order valence-electron chi connectivity index (χ3n) is 3.49. The summed E-state index contributed by atoms with van der Waals surface area (Å²) in [5.41, 5.74) is -0.578. The maximum atomic E-state index is 9.84. The molecule has 0 saturated carbocycles. The minimum Gasteiger partial charge on any atom is -0.389 e.